The minimum Gasteiger partial charge on any atom is -0.322 e. The van der Waals surface area contributed by atoms with Crippen molar-refractivity contribution < 1.29 is 4.79 Å². The van der Waals surface area contributed by atoms with Crippen LogP contribution in [0.1, 0.15) is 26.7 Å². The summed E-state index contributed by atoms with van der Waals surface area (Å²) in [6.45, 7) is 3.69. The van der Waals surface area contributed by atoms with E-state index in [0.717, 1.165) is 6.42 Å². The van der Waals surface area contributed by atoms with Crippen LogP contribution in [-0.4, -0.2) is 16.4 Å². The van der Waals surface area contributed by atoms with Crippen LogP contribution in [0.15, 0.2) is 18.5 Å². The Balaban J connectivity index is 2.75. The van der Waals surface area contributed by atoms with E-state index in [1.54, 1.807) is 19.2 Å². The molecule has 0 aromatic carbocycles. The van der Waals surface area contributed by atoms with E-state index in [-0.39, 0.29) is 5.91 Å². The van der Waals surface area contributed by atoms with Gasteiger partial charge in [0, 0.05) is 6.20 Å². The van der Waals surface area contributed by atoms with Crippen LogP contribution in [0.5, 0.6) is 0 Å². The van der Waals surface area contributed by atoms with Gasteiger partial charge in [0.05, 0.1) is 22.4 Å². The fraction of sp³-hybridized carbons (Fsp3) is 0.455. The summed E-state index contributed by atoms with van der Waals surface area (Å²) in [5.41, 5.74) is 5.50. The number of hydrogen-bond donors (Lipinski definition) is 2. The molecular weight excluding hydrogens is 226 g/mol. The maximum absolute atomic E-state index is 11.9. The molecule has 1 unspecified atom stereocenters. The molecule has 1 aromatic rings. The zero-order valence-corrected chi connectivity index (χ0v) is 10.2. The van der Waals surface area contributed by atoms with Gasteiger partial charge in [-0.25, -0.2) is 0 Å². The minimum atomic E-state index is -0.881. The summed E-state index contributed by atoms with van der Waals surface area (Å²) in [5.74, 6) is -0.246. The summed E-state index contributed by atoms with van der Waals surface area (Å²) >= 11 is 5.90. The SMILES string of the molecule is CCCC(C)(N)C(=O)Nc1cnccc1Cl. The van der Waals surface area contributed by atoms with Crippen LogP contribution in [0.2, 0.25) is 5.02 Å². The summed E-state index contributed by atoms with van der Waals surface area (Å²) in [4.78, 5) is 15.7. The summed E-state index contributed by atoms with van der Waals surface area (Å²) in [7, 11) is 0. The molecule has 0 aliphatic rings. The molecule has 1 atom stereocenters. The number of nitrogens with zero attached hydrogens (tertiary/aromatic N) is 1. The molecular formula is C11H16ClN3O. The normalized spacial score (nSPS) is 14.2. The molecule has 4 nitrogen and oxygen atoms in total. The van der Waals surface area contributed by atoms with E-state index in [9.17, 15) is 4.79 Å². The molecule has 16 heavy (non-hydrogen) atoms. The Kier molecular flexibility index (Phi) is 4.26. The zero-order chi connectivity index (χ0) is 12.2. The molecule has 0 fully saturated rings. The Bertz CT molecular complexity index is 379. The van der Waals surface area contributed by atoms with Crippen molar-refractivity contribution in [2.45, 2.75) is 32.2 Å². The van der Waals surface area contributed by atoms with Gasteiger partial charge in [0.2, 0.25) is 5.91 Å². The standard InChI is InChI=1S/C11H16ClN3O/c1-3-5-11(2,13)10(16)15-9-7-14-6-4-8(9)12/h4,6-7H,3,5,13H2,1-2H3,(H,15,16). The summed E-state index contributed by atoms with van der Waals surface area (Å²) < 4.78 is 0. The maximum atomic E-state index is 11.9. The van der Waals surface area contributed by atoms with Crippen molar-refractivity contribution >= 4 is 23.2 Å². The smallest absolute Gasteiger partial charge is 0.244 e. The molecule has 0 saturated carbocycles. The van der Waals surface area contributed by atoms with E-state index >= 15 is 0 Å². The van der Waals surface area contributed by atoms with Crippen LogP contribution in [-0.2, 0) is 4.79 Å². The van der Waals surface area contributed by atoms with Gasteiger partial charge in [-0.2, -0.15) is 0 Å². The fourth-order valence-electron chi connectivity index (χ4n) is 1.37. The van der Waals surface area contributed by atoms with E-state index in [1.807, 2.05) is 6.92 Å². The lowest BCUT2D eigenvalue weighted by Crippen LogP contribution is -2.48. The quantitative estimate of drug-likeness (QED) is 0.849. The molecule has 0 radical (unpaired) electrons. The first-order chi connectivity index (χ1) is 7.47. The molecule has 0 saturated heterocycles. The number of pyridine rings is 1. The Morgan fingerprint density at radius 1 is 1.69 bits per heavy atom. The van der Waals surface area contributed by atoms with Crippen LogP contribution in [0.4, 0.5) is 5.69 Å². The van der Waals surface area contributed by atoms with Crippen molar-refractivity contribution in [1.29, 1.82) is 0 Å². The number of amides is 1. The average molecular weight is 242 g/mol. The van der Waals surface area contributed by atoms with Crippen LogP contribution in [0.25, 0.3) is 0 Å². The largest absolute Gasteiger partial charge is 0.322 e. The molecule has 1 rings (SSSR count). The first kappa shape index (κ1) is 12.9. The molecule has 0 aliphatic carbocycles. The number of hydrogen-bond acceptors (Lipinski definition) is 3. The second-order valence-corrected chi connectivity index (χ2v) is 4.38. The van der Waals surface area contributed by atoms with Gasteiger partial charge in [-0.05, 0) is 19.4 Å². The third-order valence-corrected chi connectivity index (χ3v) is 2.63. The van der Waals surface area contributed by atoms with Crippen LogP contribution in [0.3, 0.4) is 0 Å². The molecule has 0 aliphatic heterocycles. The topological polar surface area (TPSA) is 68.0 Å². The number of nitrogens with one attached hydrogen (secondary N) is 1. The van der Waals surface area contributed by atoms with Crippen LogP contribution < -0.4 is 11.1 Å². The van der Waals surface area contributed by atoms with Crippen molar-refractivity contribution in [2.75, 3.05) is 5.32 Å². The second-order valence-electron chi connectivity index (χ2n) is 3.98. The van der Waals surface area contributed by atoms with Gasteiger partial charge in [-0.3, -0.25) is 9.78 Å². The monoisotopic (exact) mass is 241 g/mol. The Hall–Kier alpha value is -1.13. The van der Waals surface area contributed by atoms with Crippen molar-refractivity contribution in [3.63, 3.8) is 0 Å². The molecule has 1 aromatic heterocycles. The molecule has 0 bridgehead atoms. The zero-order valence-electron chi connectivity index (χ0n) is 9.46. The highest BCUT2D eigenvalue weighted by Gasteiger charge is 2.27. The number of aromatic nitrogens is 1. The number of carbonyl (C=O) groups excluding carboxylic acids is 1. The maximum Gasteiger partial charge on any atom is 0.244 e. The Morgan fingerprint density at radius 3 is 2.94 bits per heavy atom. The Morgan fingerprint density at radius 2 is 2.38 bits per heavy atom. The molecule has 1 heterocycles. The number of halogens is 1. The van der Waals surface area contributed by atoms with E-state index in [1.165, 1.54) is 6.20 Å². The molecule has 1 amide bonds. The highest BCUT2D eigenvalue weighted by Crippen LogP contribution is 2.21. The van der Waals surface area contributed by atoms with Crippen molar-refractivity contribution in [3.05, 3.63) is 23.5 Å². The van der Waals surface area contributed by atoms with Gasteiger partial charge in [0.15, 0.2) is 0 Å². The van der Waals surface area contributed by atoms with E-state index in [2.05, 4.69) is 10.3 Å². The number of carbonyl (C=O) groups is 1. The lowest BCUT2D eigenvalue weighted by atomic mass is 9.96. The van der Waals surface area contributed by atoms with E-state index in [0.29, 0.717) is 17.1 Å². The predicted molar refractivity (Wildman–Crippen MR) is 65.4 cm³/mol. The molecule has 0 spiro atoms. The average Bonchev–Trinajstić information content (AvgIpc) is 2.21. The van der Waals surface area contributed by atoms with Gasteiger partial charge in [0.25, 0.3) is 0 Å². The van der Waals surface area contributed by atoms with E-state index < -0.39 is 5.54 Å². The van der Waals surface area contributed by atoms with Crippen molar-refractivity contribution in [1.82, 2.24) is 4.98 Å². The summed E-state index contributed by atoms with van der Waals surface area (Å²) in [5, 5.41) is 3.13. The third kappa shape index (κ3) is 3.18. The first-order valence-corrected chi connectivity index (χ1v) is 5.55. The predicted octanol–water partition coefficient (Wildman–Crippen LogP) is 2.19. The van der Waals surface area contributed by atoms with Crippen molar-refractivity contribution in [2.24, 2.45) is 5.73 Å². The van der Waals surface area contributed by atoms with Gasteiger partial charge in [-0.15, -0.1) is 0 Å². The lowest BCUT2D eigenvalue weighted by molar-refractivity contribution is -0.120. The summed E-state index contributed by atoms with van der Waals surface area (Å²) in [6, 6.07) is 1.62. The van der Waals surface area contributed by atoms with Gasteiger partial charge in [0.1, 0.15) is 0 Å². The van der Waals surface area contributed by atoms with Crippen molar-refractivity contribution in [3.8, 4) is 0 Å². The second kappa shape index (κ2) is 5.27. The molecule has 88 valence electrons. The van der Waals surface area contributed by atoms with Crippen LogP contribution in [0, 0.1) is 0 Å². The molecule has 5 heteroatoms. The van der Waals surface area contributed by atoms with E-state index in [4.69, 9.17) is 17.3 Å². The van der Waals surface area contributed by atoms with Gasteiger partial charge >= 0.3 is 0 Å². The number of rotatable bonds is 4. The molecule has 3 N–H and O–H groups in total. The summed E-state index contributed by atoms with van der Waals surface area (Å²) in [6.07, 6.45) is 4.53. The number of anilines is 1. The van der Waals surface area contributed by atoms with Gasteiger partial charge in [-0.1, -0.05) is 24.9 Å². The highest BCUT2D eigenvalue weighted by molar-refractivity contribution is 6.33. The highest BCUT2D eigenvalue weighted by atomic mass is 35.5. The lowest BCUT2D eigenvalue weighted by Gasteiger charge is -2.22. The first-order valence-electron chi connectivity index (χ1n) is 5.17. The third-order valence-electron chi connectivity index (χ3n) is 2.30. The number of nitrogens with two attached hydrogens (primary N) is 1. The van der Waals surface area contributed by atoms with Gasteiger partial charge < -0.3 is 11.1 Å². The fourth-order valence-corrected chi connectivity index (χ4v) is 1.52. The minimum absolute atomic E-state index is 0.246. The Labute approximate surface area is 100 Å². The van der Waals surface area contributed by atoms with Crippen LogP contribution >= 0.6 is 11.6 Å².